The molecule has 142 valence electrons. The van der Waals surface area contributed by atoms with Gasteiger partial charge in [-0.1, -0.05) is 48.8 Å². The molecule has 2 heterocycles. The molecular formula is C19H28IN5O. The molecule has 1 aliphatic heterocycles. The minimum Gasteiger partial charge on any atom is -0.347 e. The van der Waals surface area contributed by atoms with Gasteiger partial charge < -0.3 is 14.7 Å². The number of nitrogens with zero attached hydrogens (tertiary/aromatic N) is 4. The number of aliphatic imine (C=N–C) groups is 1. The van der Waals surface area contributed by atoms with Crippen molar-refractivity contribution in [2.75, 3.05) is 20.1 Å². The summed E-state index contributed by atoms with van der Waals surface area (Å²) in [6.45, 7) is 6.61. The fraction of sp³-hybridized carbons (Fsp3) is 0.526. The van der Waals surface area contributed by atoms with Crippen LogP contribution in [0.4, 0.5) is 0 Å². The Hall–Kier alpha value is -1.64. The van der Waals surface area contributed by atoms with Gasteiger partial charge in [-0.15, -0.1) is 24.0 Å². The molecule has 0 saturated carbocycles. The van der Waals surface area contributed by atoms with Crippen LogP contribution in [0.2, 0.25) is 0 Å². The van der Waals surface area contributed by atoms with Crippen LogP contribution in [0.3, 0.4) is 0 Å². The molecule has 26 heavy (non-hydrogen) atoms. The predicted octanol–water partition coefficient (Wildman–Crippen LogP) is 3.59. The van der Waals surface area contributed by atoms with Crippen LogP contribution in [-0.2, 0) is 6.54 Å². The van der Waals surface area contributed by atoms with E-state index in [9.17, 15) is 0 Å². The maximum atomic E-state index is 5.17. The van der Waals surface area contributed by atoms with Gasteiger partial charge in [0, 0.05) is 20.1 Å². The number of rotatable bonds is 4. The van der Waals surface area contributed by atoms with Crippen molar-refractivity contribution in [3.63, 3.8) is 0 Å². The van der Waals surface area contributed by atoms with Crippen LogP contribution in [0.15, 0.2) is 39.8 Å². The van der Waals surface area contributed by atoms with Crippen molar-refractivity contribution in [1.82, 2.24) is 20.4 Å². The maximum absolute atomic E-state index is 5.17. The smallest absolute Gasteiger partial charge is 0.246 e. The van der Waals surface area contributed by atoms with Crippen LogP contribution in [0.5, 0.6) is 0 Å². The molecule has 7 heteroatoms. The highest BCUT2D eigenvalue weighted by molar-refractivity contribution is 14.0. The van der Waals surface area contributed by atoms with Crippen molar-refractivity contribution in [2.24, 2.45) is 10.9 Å². The lowest BCUT2D eigenvalue weighted by atomic mass is 9.79. The number of hydrogen-bond acceptors (Lipinski definition) is 4. The number of piperidine rings is 1. The molecule has 0 radical (unpaired) electrons. The van der Waals surface area contributed by atoms with E-state index in [2.05, 4.69) is 62.6 Å². The first-order valence-electron chi connectivity index (χ1n) is 9.01. The summed E-state index contributed by atoms with van der Waals surface area (Å²) in [6.07, 6.45) is 2.30. The highest BCUT2D eigenvalue weighted by Crippen LogP contribution is 2.34. The highest BCUT2D eigenvalue weighted by Gasteiger charge is 2.30. The lowest BCUT2D eigenvalue weighted by Crippen LogP contribution is -2.48. The molecule has 2 unspecified atom stereocenters. The number of aryl methyl sites for hydroxylation is 1. The molecular weight excluding hydrogens is 441 g/mol. The number of halogens is 1. The first kappa shape index (κ1) is 20.7. The Morgan fingerprint density at radius 2 is 2.12 bits per heavy atom. The Balaban J connectivity index is 0.00000243. The molecule has 2 aromatic rings. The van der Waals surface area contributed by atoms with Gasteiger partial charge in [-0.2, -0.15) is 4.98 Å². The van der Waals surface area contributed by atoms with E-state index in [-0.39, 0.29) is 24.0 Å². The Kier molecular flexibility index (Phi) is 7.86. The molecule has 1 aliphatic rings. The Morgan fingerprint density at radius 1 is 1.35 bits per heavy atom. The zero-order valence-electron chi connectivity index (χ0n) is 15.7. The lowest BCUT2D eigenvalue weighted by Gasteiger charge is -2.40. The standard InChI is InChI=1S/C19H27N5O.HI/c1-4-15-13-24(11-10-17(15)16-8-6-5-7-9-16)19(20-3)21-12-18-22-14(2)23-25-18;/h5-9,15,17H,4,10-13H2,1-3H3,(H,20,21);1H. The summed E-state index contributed by atoms with van der Waals surface area (Å²) >= 11 is 0. The molecule has 2 atom stereocenters. The summed E-state index contributed by atoms with van der Waals surface area (Å²) < 4.78 is 5.17. The van der Waals surface area contributed by atoms with E-state index >= 15 is 0 Å². The van der Waals surface area contributed by atoms with Crippen LogP contribution < -0.4 is 5.32 Å². The zero-order chi connectivity index (χ0) is 17.6. The second-order valence-electron chi connectivity index (χ2n) is 6.56. The van der Waals surface area contributed by atoms with E-state index in [0.29, 0.717) is 30.1 Å². The SMILES string of the molecule is CCC1CN(C(=NC)NCc2nc(C)no2)CCC1c1ccccc1.I. The van der Waals surface area contributed by atoms with E-state index in [0.717, 1.165) is 31.9 Å². The maximum Gasteiger partial charge on any atom is 0.246 e. The molecule has 1 N–H and O–H groups in total. The van der Waals surface area contributed by atoms with E-state index in [1.807, 2.05) is 14.0 Å². The first-order chi connectivity index (χ1) is 12.2. The topological polar surface area (TPSA) is 66.5 Å². The van der Waals surface area contributed by atoms with Crippen LogP contribution >= 0.6 is 24.0 Å². The third-order valence-corrected chi connectivity index (χ3v) is 4.96. The third kappa shape index (κ3) is 4.96. The van der Waals surface area contributed by atoms with Gasteiger partial charge >= 0.3 is 0 Å². The number of aromatic nitrogens is 2. The number of likely N-dealkylation sites (tertiary alicyclic amines) is 1. The summed E-state index contributed by atoms with van der Waals surface area (Å²) in [5.41, 5.74) is 1.46. The van der Waals surface area contributed by atoms with Gasteiger partial charge in [-0.25, -0.2) is 0 Å². The highest BCUT2D eigenvalue weighted by atomic mass is 127. The fourth-order valence-electron chi connectivity index (χ4n) is 3.68. The zero-order valence-corrected chi connectivity index (χ0v) is 18.0. The molecule has 1 aromatic heterocycles. The van der Waals surface area contributed by atoms with Crippen molar-refractivity contribution in [3.8, 4) is 0 Å². The monoisotopic (exact) mass is 469 g/mol. The normalized spacial score (nSPS) is 20.6. The number of benzene rings is 1. The largest absolute Gasteiger partial charge is 0.347 e. The van der Waals surface area contributed by atoms with Gasteiger partial charge in [0.05, 0.1) is 6.54 Å². The van der Waals surface area contributed by atoms with Gasteiger partial charge in [0.15, 0.2) is 11.8 Å². The Bertz CT molecular complexity index is 703. The van der Waals surface area contributed by atoms with Crippen molar-refractivity contribution >= 4 is 29.9 Å². The van der Waals surface area contributed by atoms with E-state index < -0.39 is 0 Å². The molecule has 0 spiro atoms. The van der Waals surface area contributed by atoms with E-state index in [1.165, 1.54) is 5.56 Å². The van der Waals surface area contributed by atoms with Crippen molar-refractivity contribution in [3.05, 3.63) is 47.6 Å². The second kappa shape index (κ2) is 9.89. The van der Waals surface area contributed by atoms with Crippen molar-refractivity contribution < 1.29 is 4.52 Å². The number of guanidine groups is 1. The summed E-state index contributed by atoms with van der Waals surface area (Å²) in [5, 5.41) is 7.17. The van der Waals surface area contributed by atoms with E-state index in [1.54, 1.807) is 0 Å². The fourth-order valence-corrected chi connectivity index (χ4v) is 3.68. The summed E-state index contributed by atoms with van der Waals surface area (Å²) in [6, 6.07) is 10.9. The summed E-state index contributed by atoms with van der Waals surface area (Å²) in [5.74, 6) is 3.40. The molecule has 3 rings (SSSR count). The van der Waals surface area contributed by atoms with E-state index in [4.69, 9.17) is 4.52 Å². The predicted molar refractivity (Wildman–Crippen MR) is 114 cm³/mol. The molecule has 0 bridgehead atoms. The first-order valence-corrected chi connectivity index (χ1v) is 9.01. The average molecular weight is 469 g/mol. The molecule has 1 aromatic carbocycles. The van der Waals surface area contributed by atoms with Crippen LogP contribution in [0, 0.1) is 12.8 Å². The summed E-state index contributed by atoms with van der Waals surface area (Å²) in [4.78, 5) is 11.0. The second-order valence-corrected chi connectivity index (χ2v) is 6.56. The molecule has 1 fully saturated rings. The summed E-state index contributed by atoms with van der Waals surface area (Å²) in [7, 11) is 1.83. The number of hydrogen-bond donors (Lipinski definition) is 1. The quantitative estimate of drug-likeness (QED) is 0.421. The minimum absolute atomic E-state index is 0. The van der Waals surface area contributed by atoms with Gasteiger partial charge in [0.1, 0.15) is 0 Å². The van der Waals surface area contributed by atoms with Gasteiger partial charge in [-0.05, 0) is 30.7 Å². The van der Waals surface area contributed by atoms with Gasteiger partial charge in [0.25, 0.3) is 0 Å². The molecule has 0 aliphatic carbocycles. The molecule has 1 saturated heterocycles. The van der Waals surface area contributed by atoms with Crippen molar-refractivity contribution in [2.45, 2.75) is 39.2 Å². The van der Waals surface area contributed by atoms with Gasteiger partial charge in [-0.3, -0.25) is 4.99 Å². The van der Waals surface area contributed by atoms with Crippen LogP contribution in [-0.4, -0.2) is 41.1 Å². The van der Waals surface area contributed by atoms with Crippen LogP contribution in [0.1, 0.15) is 43.0 Å². The van der Waals surface area contributed by atoms with Crippen molar-refractivity contribution in [1.29, 1.82) is 0 Å². The minimum atomic E-state index is 0. The lowest BCUT2D eigenvalue weighted by molar-refractivity contribution is 0.215. The average Bonchev–Trinajstić information content (AvgIpc) is 3.08. The molecule has 6 nitrogen and oxygen atoms in total. The Morgan fingerprint density at radius 3 is 2.73 bits per heavy atom. The Labute approximate surface area is 172 Å². The van der Waals surface area contributed by atoms with Gasteiger partial charge in [0.2, 0.25) is 5.89 Å². The number of nitrogens with one attached hydrogen (secondary N) is 1. The van der Waals surface area contributed by atoms with Crippen LogP contribution in [0.25, 0.3) is 0 Å². The molecule has 0 amide bonds. The third-order valence-electron chi connectivity index (χ3n) is 4.96.